The highest BCUT2D eigenvalue weighted by atomic mass is 16.5. The lowest BCUT2D eigenvalue weighted by Gasteiger charge is -2.18. The number of methoxy groups -OCH3 is 1. The van der Waals surface area contributed by atoms with E-state index < -0.39 is 0 Å². The van der Waals surface area contributed by atoms with Gasteiger partial charge in [-0.1, -0.05) is 19.4 Å². The van der Waals surface area contributed by atoms with Gasteiger partial charge in [-0.05, 0) is 24.1 Å². The number of rotatable bonds is 9. The smallest absolute Gasteiger partial charge is 0.222 e. The third-order valence-electron chi connectivity index (χ3n) is 6.72. The Hall–Kier alpha value is -2.91. The Morgan fingerprint density at radius 2 is 2.00 bits per heavy atom. The number of benzene rings is 1. The second kappa shape index (κ2) is 9.52. The standard InChI is InChI=1S/C24H33N7O2/c1-3-4-7-26-23-22-20(28-24(25)29-23)9-27-31(22)13-17-8-16(5-6-21(17)32-2)10-30-11-18-14-33-15-19(18)12-30/h5-6,8-9,18-19H,3-4,7,10-15H2,1-2H3,(H3,25,26,28,29). The minimum absolute atomic E-state index is 0.251. The second-order valence-corrected chi connectivity index (χ2v) is 9.14. The van der Waals surface area contributed by atoms with Gasteiger partial charge in [0.1, 0.15) is 16.8 Å². The average molecular weight is 452 g/mol. The molecule has 1 aromatic carbocycles. The third kappa shape index (κ3) is 4.60. The summed E-state index contributed by atoms with van der Waals surface area (Å²) in [4.78, 5) is 11.4. The van der Waals surface area contributed by atoms with Crippen LogP contribution in [0.4, 0.5) is 11.8 Å². The normalized spacial score (nSPS) is 20.4. The predicted octanol–water partition coefficient (Wildman–Crippen LogP) is 2.76. The molecule has 0 aliphatic carbocycles. The van der Waals surface area contributed by atoms with E-state index in [0.29, 0.717) is 18.4 Å². The van der Waals surface area contributed by atoms with E-state index in [-0.39, 0.29) is 5.95 Å². The van der Waals surface area contributed by atoms with Crippen LogP contribution in [0, 0.1) is 11.8 Å². The van der Waals surface area contributed by atoms with Gasteiger partial charge in [-0.25, -0.2) is 4.98 Å². The Balaban J connectivity index is 1.39. The number of ether oxygens (including phenoxy) is 2. The number of nitrogens with zero attached hydrogens (tertiary/aromatic N) is 5. The molecule has 0 bridgehead atoms. The fraction of sp³-hybridized carbons (Fsp3) is 0.542. The van der Waals surface area contributed by atoms with Crippen LogP contribution < -0.4 is 15.8 Å². The van der Waals surface area contributed by atoms with Crippen LogP contribution >= 0.6 is 0 Å². The summed E-state index contributed by atoms with van der Waals surface area (Å²) >= 11 is 0. The van der Waals surface area contributed by atoms with E-state index in [9.17, 15) is 0 Å². The molecule has 0 spiro atoms. The van der Waals surface area contributed by atoms with Crippen LogP contribution in [0.25, 0.3) is 11.0 Å². The number of aromatic nitrogens is 4. The topological polar surface area (TPSA) is 103 Å². The molecule has 2 atom stereocenters. The molecule has 9 nitrogen and oxygen atoms in total. The maximum absolute atomic E-state index is 5.94. The zero-order chi connectivity index (χ0) is 22.8. The largest absolute Gasteiger partial charge is 0.496 e. The number of nitrogens with one attached hydrogen (secondary N) is 1. The summed E-state index contributed by atoms with van der Waals surface area (Å²) in [7, 11) is 1.71. The fourth-order valence-corrected chi connectivity index (χ4v) is 5.03. The molecule has 2 aliphatic rings. The van der Waals surface area contributed by atoms with E-state index in [1.165, 1.54) is 5.56 Å². The van der Waals surface area contributed by atoms with Gasteiger partial charge in [0.05, 0.1) is 33.1 Å². The van der Waals surface area contributed by atoms with Crippen molar-refractivity contribution in [1.82, 2.24) is 24.6 Å². The van der Waals surface area contributed by atoms with Crippen molar-refractivity contribution in [1.29, 1.82) is 0 Å². The van der Waals surface area contributed by atoms with E-state index in [1.54, 1.807) is 13.3 Å². The van der Waals surface area contributed by atoms with E-state index in [1.807, 2.05) is 4.68 Å². The Bertz CT molecular complexity index is 1100. The van der Waals surface area contributed by atoms with Gasteiger partial charge >= 0.3 is 0 Å². The third-order valence-corrected chi connectivity index (χ3v) is 6.72. The van der Waals surface area contributed by atoms with Gasteiger partial charge in [-0.3, -0.25) is 9.58 Å². The van der Waals surface area contributed by atoms with E-state index in [4.69, 9.17) is 15.2 Å². The predicted molar refractivity (Wildman–Crippen MR) is 128 cm³/mol. The van der Waals surface area contributed by atoms with E-state index in [2.05, 4.69) is 50.4 Å². The Morgan fingerprint density at radius 1 is 1.18 bits per heavy atom. The van der Waals surface area contributed by atoms with E-state index in [0.717, 1.165) is 80.4 Å². The monoisotopic (exact) mass is 451 g/mol. The summed E-state index contributed by atoms with van der Waals surface area (Å²) in [5.74, 6) is 3.20. The van der Waals surface area contributed by atoms with Gasteiger partial charge < -0.3 is 20.5 Å². The van der Waals surface area contributed by atoms with Gasteiger partial charge in [-0.15, -0.1) is 0 Å². The number of fused-ring (bicyclic) bond motifs is 2. The van der Waals surface area contributed by atoms with Crippen molar-refractivity contribution >= 4 is 22.8 Å². The maximum Gasteiger partial charge on any atom is 0.222 e. The molecule has 0 radical (unpaired) electrons. The molecule has 0 amide bonds. The number of unbranched alkanes of at least 4 members (excludes halogenated alkanes) is 1. The molecule has 9 heteroatoms. The molecule has 0 saturated carbocycles. The van der Waals surface area contributed by atoms with Crippen LogP contribution in [0.5, 0.6) is 5.75 Å². The van der Waals surface area contributed by atoms with Crippen molar-refractivity contribution < 1.29 is 9.47 Å². The quantitative estimate of drug-likeness (QED) is 0.479. The van der Waals surface area contributed by atoms with Crippen LogP contribution in [0.1, 0.15) is 30.9 Å². The highest BCUT2D eigenvalue weighted by Crippen LogP contribution is 2.31. The molecule has 176 valence electrons. The van der Waals surface area contributed by atoms with Crippen LogP contribution in [-0.4, -0.2) is 64.6 Å². The molecule has 2 aromatic heterocycles. The Morgan fingerprint density at radius 3 is 2.76 bits per heavy atom. The van der Waals surface area contributed by atoms with E-state index >= 15 is 0 Å². The first-order chi connectivity index (χ1) is 16.1. The lowest BCUT2D eigenvalue weighted by atomic mass is 10.0. The lowest BCUT2D eigenvalue weighted by Crippen LogP contribution is -2.22. The van der Waals surface area contributed by atoms with Gasteiger partial charge in [-0.2, -0.15) is 10.1 Å². The van der Waals surface area contributed by atoms with Crippen LogP contribution in [0.3, 0.4) is 0 Å². The number of nitrogen functional groups attached to an aromatic ring is 1. The van der Waals surface area contributed by atoms with Gasteiger partial charge in [0.25, 0.3) is 0 Å². The molecule has 3 aromatic rings. The fourth-order valence-electron chi connectivity index (χ4n) is 5.03. The number of hydrogen-bond donors (Lipinski definition) is 2. The van der Waals surface area contributed by atoms with Crippen molar-refractivity contribution in [2.24, 2.45) is 11.8 Å². The SMILES string of the molecule is CCCCNc1nc(N)nc2cnn(Cc3cc(CN4CC5COCC5C4)ccc3OC)c12. The summed E-state index contributed by atoms with van der Waals surface area (Å²) in [5.41, 5.74) is 9.90. The van der Waals surface area contributed by atoms with Crippen LogP contribution in [0.2, 0.25) is 0 Å². The summed E-state index contributed by atoms with van der Waals surface area (Å²) in [6.07, 6.45) is 3.91. The van der Waals surface area contributed by atoms with Crippen molar-refractivity contribution in [2.75, 3.05) is 51.0 Å². The molecule has 2 saturated heterocycles. The minimum atomic E-state index is 0.251. The molecule has 33 heavy (non-hydrogen) atoms. The van der Waals surface area contributed by atoms with Crippen LogP contribution in [0.15, 0.2) is 24.4 Å². The maximum atomic E-state index is 5.94. The van der Waals surface area contributed by atoms with Gasteiger partial charge in [0.2, 0.25) is 5.95 Å². The van der Waals surface area contributed by atoms with Crippen molar-refractivity contribution in [3.8, 4) is 5.75 Å². The molecule has 4 heterocycles. The minimum Gasteiger partial charge on any atom is -0.496 e. The highest BCUT2D eigenvalue weighted by Gasteiger charge is 2.36. The van der Waals surface area contributed by atoms with Gasteiger partial charge in [0.15, 0.2) is 5.82 Å². The number of hydrogen-bond acceptors (Lipinski definition) is 8. The highest BCUT2D eigenvalue weighted by molar-refractivity contribution is 5.86. The summed E-state index contributed by atoms with van der Waals surface area (Å²) in [6.45, 7) is 8.53. The first kappa shape index (κ1) is 21.9. The number of anilines is 2. The molecule has 2 aliphatic heterocycles. The molecule has 3 N–H and O–H groups in total. The van der Waals surface area contributed by atoms with Crippen molar-refractivity contribution in [3.63, 3.8) is 0 Å². The first-order valence-electron chi connectivity index (χ1n) is 11.8. The molecular formula is C24H33N7O2. The number of likely N-dealkylation sites (tertiary alicyclic amines) is 1. The van der Waals surface area contributed by atoms with Crippen molar-refractivity contribution in [3.05, 3.63) is 35.5 Å². The molecule has 2 unspecified atom stereocenters. The average Bonchev–Trinajstić information content (AvgIpc) is 3.49. The summed E-state index contributed by atoms with van der Waals surface area (Å²) in [5, 5.41) is 8.02. The van der Waals surface area contributed by atoms with Crippen molar-refractivity contribution in [2.45, 2.75) is 32.9 Å². The second-order valence-electron chi connectivity index (χ2n) is 9.14. The summed E-state index contributed by atoms with van der Waals surface area (Å²) in [6, 6.07) is 6.46. The molecular weight excluding hydrogens is 418 g/mol. The number of nitrogens with two attached hydrogens (primary N) is 1. The zero-order valence-corrected chi connectivity index (χ0v) is 19.5. The summed E-state index contributed by atoms with van der Waals surface area (Å²) < 4.78 is 13.2. The first-order valence-corrected chi connectivity index (χ1v) is 11.8. The Kier molecular flexibility index (Phi) is 6.32. The molecule has 2 fully saturated rings. The molecule has 5 rings (SSSR count). The van der Waals surface area contributed by atoms with Gasteiger partial charge in [0, 0.05) is 43.6 Å². The van der Waals surface area contributed by atoms with Crippen LogP contribution in [-0.2, 0) is 17.8 Å². The zero-order valence-electron chi connectivity index (χ0n) is 19.5. The Labute approximate surface area is 194 Å². The lowest BCUT2D eigenvalue weighted by molar-refractivity contribution is 0.153.